The predicted octanol–water partition coefficient (Wildman–Crippen LogP) is 4.27. The van der Waals surface area contributed by atoms with Crippen LogP contribution >= 0.6 is 11.6 Å². The normalized spacial score (nSPS) is 11.3. The van der Waals surface area contributed by atoms with E-state index in [2.05, 4.69) is 4.98 Å². The first-order chi connectivity index (χ1) is 12.0. The average molecular weight is 377 g/mol. The maximum Gasteiger partial charge on any atom is 0.264 e. The van der Waals surface area contributed by atoms with Crippen molar-refractivity contribution in [1.29, 1.82) is 0 Å². The molecule has 0 bridgehead atoms. The van der Waals surface area contributed by atoms with Crippen molar-refractivity contribution in [2.45, 2.75) is 11.4 Å². The first-order valence-corrected chi connectivity index (χ1v) is 9.21. The van der Waals surface area contributed by atoms with Gasteiger partial charge in [0.05, 0.1) is 17.1 Å². The summed E-state index contributed by atoms with van der Waals surface area (Å²) in [5.74, 6) is -0.436. The second kappa shape index (κ2) is 7.21. The van der Waals surface area contributed by atoms with Crippen molar-refractivity contribution < 1.29 is 12.8 Å². The monoisotopic (exact) mass is 376 g/mol. The van der Waals surface area contributed by atoms with Crippen molar-refractivity contribution in [3.05, 3.63) is 89.5 Å². The molecule has 7 heteroatoms. The summed E-state index contributed by atoms with van der Waals surface area (Å²) in [6.45, 7) is 0.0738. The molecule has 1 aromatic heterocycles. The molecule has 0 atom stereocenters. The molecule has 0 aliphatic heterocycles. The molecule has 1 heterocycles. The van der Waals surface area contributed by atoms with Crippen LogP contribution in [-0.2, 0) is 16.6 Å². The summed E-state index contributed by atoms with van der Waals surface area (Å²) >= 11 is 5.85. The maximum absolute atomic E-state index is 13.2. The van der Waals surface area contributed by atoms with Gasteiger partial charge in [-0.05, 0) is 60.2 Å². The highest BCUT2D eigenvalue weighted by atomic mass is 35.5. The third-order valence-corrected chi connectivity index (χ3v) is 5.61. The average Bonchev–Trinajstić information content (AvgIpc) is 2.62. The standard InChI is InChI=1S/C18H14ClFN2O2S/c19-15-3-9-18(10-4-15)25(23,24)22(13-14-2-1-11-21-12-14)17-7-5-16(20)6-8-17/h1-12H,13H2. The Labute approximate surface area is 150 Å². The van der Waals surface area contributed by atoms with Crippen LogP contribution in [0.5, 0.6) is 0 Å². The van der Waals surface area contributed by atoms with Crippen LogP contribution in [0.25, 0.3) is 0 Å². The Hall–Kier alpha value is -2.44. The van der Waals surface area contributed by atoms with Gasteiger partial charge >= 0.3 is 0 Å². The minimum atomic E-state index is -3.86. The van der Waals surface area contributed by atoms with Gasteiger partial charge in [0.15, 0.2) is 0 Å². The minimum absolute atomic E-state index is 0.0738. The molecular formula is C18H14ClFN2O2S. The maximum atomic E-state index is 13.2. The van der Waals surface area contributed by atoms with Crippen LogP contribution in [0.4, 0.5) is 10.1 Å². The predicted molar refractivity (Wildman–Crippen MR) is 95.5 cm³/mol. The van der Waals surface area contributed by atoms with E-state index in [4.69, 9.17) is 11.6 Å². The highest BCUT2D eigenvalue weighted by molar-refractivity contribution is 7.92. The molecule has 0 aliphatic carbocycles. The number of sulfonamides is 1. The zero-order valence-electron chi connectivity index (χ0n) is 13.0. The number of benzene rings is 2. The van der Waals surface area contributed by atoms with E-state index in [0.717, 1.165) is 0 Å². The van der Waals surface area contributed by atoms with E-state index >= 15 is 0 Å². The Kier molecular flexibility index (Phi) is 5.01. The van der Waals surface area contributed by atoms with Gasteiger partial charge in [-0.3, -0.25) is 9.29 Å². The molecule has 0 radical (unpaired) electrons. The summed E-state index contributed by atoms with van der Waals surface area (Å²) in [4.78, 5) is 4.11. The number of aromatic nitrogens is 1. The first kappa shape index (κ1) is 17.4. The van der Waals surface area contributed by atoms with E-state index in [1.54, 1.807) is 24.5 Å². The summed E-state index contributed by atoms with van der Waals surface area (Å²) in [5, 5.41) is 0.444. The van der Waals surface area contributed by atoms with Crippen molar-refractivity contribution >= 4 is 27.3 Å². The molecule has 0 amide bonds. The molecule has 128 valence electrons. The highest BCUT2D eigenvalue weighted by Gasteiger charge is 2.25. The smallest absolute Gasteiger partial charge is 0.264 e. The fourth-order valence-corrected chi connectivity index (χ4v) is 3.89. The zero-order chi connectivity index (χ0) is 17.9. The number of halogens is 2. The Morgan fingerprint density at radius 2 is 1.68 bits per heavy atom. The van der Waals surface area contributed by atoms with Crippen molar-refractivity contribution in [2.24, 2.45) is 0 Å². The highest BCUT2D eigenvalue weighted by Crippen LogP contribution is 2.26. The molecule has 0 aliphatic rings. The molecule has 0 fully saturated rings. The molecule has 0 unspecified atom stereocenters. The topological polar surface area (TPSA) is 50.3 Å². The lowest BCUT2D eigenvalue weighted by Gasteiger charge is -2.24. The Morgan fingerprint density at radius 1 is 1.00 bits per heavy atom. The Balaban J connectivity index is 2.06. The molecule has 25 heavy (non-hydrogen) atoms. The summed E-state index contributed by atoms with van der Waals surface area (Å²) in [7, 11) is -3.86. The second-order valence-electron chi connectivity index (χ2n) is 5.30. The molecular weight excluding hydrogens is 363 g/mol. The van der Waals surface area contributed by atoms with Crippen LogP contribution in [0, 0.1) is 5.82 Å². The van der Waals surface area contributed by atoms with Gasteiger partial charge in [0, 0.05) is 17.4 Å². The van der Waals surface area contributed by atoms with Gasteiger partial charge in [0.2, 0.25) is 0 Å². The third kappa shape index (κ3) is 3.97. The number of nitrogens with zero attached hydrogens (tertiary/aromatic N) is 2. The van der Waals surface area contributed by atoms with Crippen molar-refractivity contribution in [1.82, 2.24) is 4.98 Å². The second-order valence-corrected chi connectivity index (χ2v) is 7.60. The Bertz CT molecular complexity index is 947. The number of rotatable bonds is 5. The lowest BCUT2D eigenvalue weighted by molar-refractivity contribution is 0.590. The van der Waals surface area contributed by atoms with Gasteiger partial charge in [0.25, 0.3) is 10.0 Å². The summed E-state index contributed by atoms with van der Waals surface area (Å²) in [6, 6.07) is 14.7. The summed E-state index contributed by atoms with van der Waals surface area (Å²) < 4.78 is 40.7. The number of pyridine rings is 1. The third-order valence-electron chi connectivity index (χ3n) is 3.57. The van der Waals surface area contributed by atoms with Crippen molar-refractivity contribution in [3.63, 3.8) is 0 Å². The SMILES string of the molecule is O=S(=O)(c1ccc(Cl)cc1)N(Cc1cccnc1)c1ccc(F)cc1. The molecule has 3 aromatic rings. The molecule has 0 saturated carbocycles. The van der Waals surface area contributed by atoms with Gasteiger partial charge in [-0.25, -0.2) is 12.8 Å². The summed E-state index contributed by atoms with van der Waals surface area (Å²) in [6.07, 6.45) is 3.20. The van der Waals surface area contributed by atoms with Crippen molar-refractivity contribution in [3.8, 4) is 0 Å². The van der Waals surface area contributed by atoms with E-state index in [1.165, 1.54) is 52.8 Å². The molecule has 4 nitrogen and oxygen atoms in total. The van der Waals surface area contributed by atoms with E-state index < -0.39 is 15.8 Å². The molecule has 0 spiro atoms. The number of hydrogen-bond donors (Lipinski definition) is 0. The first-order valence-electron chi connectivity index (χ1n) is 7.39. The van der Waals surface area contributed by atoms with Crippen molar-refractivity contribution in [2.75, 3.05) is 4.31 Å². The van der Waals surface area contributed by atoms with E-state index in [0.29, 0.717) is 16.3 Å². The van der Waals surface area contributed by atoms with Crippen LogP contribution in [0.3, 0.4) is 0 Å². The van der Waals surface area contributed by atoms with Gasteiger partial charge in [0.1, 0.15) is 5.82 Å². The van der Waals surface area contributed by atoms with E-state index in [-0.39, 0.29) is 11.4 Å². The van der Waals surface area contributed by atoms with Crippen LogP contribution in [0.15, 0.2) is 78.0 Å². The molecule has 2 aromatic carbocycles. The van der Waals surface area contributed by atoms with E-state index in [1.807, 2.05) is 0 Å². The van der Waals surface area contributed by atoms with Crippen LogP contribution < -0.4 is 4.31 Å². The quantitative estimate of drug-likeness (QED) is 0.668. The van der Waals surface area contributed by atoms with Crippen LogP contribution in [0.2, 0.25) is 5.02 Å². The van der Waals surface area contributed by atoms with Crippen LogP contribution in [-0.4, -0.2) is 13.4 Å². The zero-order valence-corrected chi connectivity index (χ0v) is 14.6. The lowest BCUT2D eigenvalue weighted by Crippen LogP contribution is -2.30. The fraction of sp³-hybridized carbons (Fsp3) is 0.0556. The lowest BCUT2D eigenvalue weighted by atomic mass is 10.2. The van der Waals surface area contributed by atoms with E-state index in [9.17, 15) is 12.8 Å². The van der Waals surface area contributed by atoms with Gasteiger partial charge in [-0.15, -0.1) is 0 Å². The minimum Gasteiger partial charge on any atom is -0.264 e. The van der Waals surface area contributed by atoms with Gasteiger partial charge in [-0.2, -0.15) is 0 Å². The largest absolute Gasteiger partial charge is 0.264 e. The molecule has 0 N–H and O–H groups in total. The van der Waals surface area contributed by atoms with Gasteiger partial charge in [-0.1, -0.05) is 17.7 Å². The fourth-order valence-electron chi connectivity index (χ4n) is 2.31. The molecule has 0 saturated heterocycles. The summed E-state index contributed by atoms with van der Waals surface area (Å²) in [5.41, 5.74) is 1.07. The number of hydrogen-bond acceptors (Lipinski definition) is 3. The number of anilines is 1. The van der Waals surface area contributed by atoms with Gasteiger partial charge < -0.3 is 0 Å². The van der Waals surface area contributed by atoms with Crippen LogP contribution in [0.1, 0.15) is 5.56 Å². The Morgan fingerprint density at radius 3 is 2.28 bits per heavy atom. The molecule has 3 rings (SSSR count).